The Kier molecular flexibility index (Phi) is 4.57. The van der Waals surface area contributed by atoms with Gasteiger partial charge in [0.05, 0.1) is 7.11 Å². The van der Waals surface area contributed by atoms with E-state index in [1.165, 1.54) is 7.11 Å². The minimum Gasteiger partial charge on any atom is -0.438 e. The van der Waals surface area contributed by atoms with Gasteiger partial charge in [-0.25, -0.2) is 4.79 Å². The normalized spacial score (nSPS) is 32.9. The highest BCUT2D eigenvalue weighted by Crippen LogP contribution is 2.39. The van der Waals surface area contributed by atoms with E-state index in [0.29, 0.717) is 5.92 Å². The van der Waals surface area contributed by atoms with Gasteiger partial charge in [-0.15, -0.1) is 0 Å². The molecule has 1 fully saturated rings. The highest BCUT2D eigenvalue weighted by molar-refractivity contribution is 5.60. The highest BCUT2D eigenvalue weighted by atomic mass is 16.7. The second kappa shape index (κ2) is 5.54. The molecule has 3 unspecified atom stereocenters. The Morgan fingerprint density at radius 1 is 1.41 bits per heavy atom. The van der Waals surface area contributed by atoms with Gasteiger partial charge >= 0.3 is 6.16 Å². The zero-order valence-electron chi connectivity index (χ0n) is 11.1. The average Bonchev–Trinajstić information content (AvgIpc) is 2.31. The van der Waals surface area contributed by atoms with E-state index >= 15 is 0 Å². The molecular formula is C13H22O4. The molecule has 1 aliphatic carbocycles. The molecule has 0 heterocycles. The Morgan fingerprint density at radius 3 is 2.53 bits per heavy atom. The molecule has 0 aromatic heterocycles. The summed E-state index contributed by atoms with van der Waals surface area (Å²) >= 11 is 0. The lowest BCUT2D eigenvalue weighted by atomic mass is 9.75. The van der Waals surface area contributed by atoms with E-state index in [0.717, 1.165) is 24.8 Å². The van der Waals surface area contributed by atoms with Crippen LogP contribution in [0.3, 0.4) is 0 Å². The quantitative estimate of drug-likeness (QED) is 0.564. The first kappa shape index (κ1) is 14.0. The third kappa shape index (κ3) is 3.22. The van der Waals surface area contributed by atoms with Gasteiger partial charge in [0.2, 0.25) is 0 Å². The topological polar surface area (TPSA) is 44.8 Å². The van der Waals surface area contributed by atoms with Crippen molar-refractivity contribution < 1.29 is 19.0 Å². The maximum Gasteiger partial charge on any atom is 0.508 e. The Bertz CT molecular complexity index is 300. The molecule has 1 aliphatic rings. The van der Waals surface area contributed by atoms with Crippen molar-refractivity contribution in [2.75, 3.05) is 14.2 Å². The van der Waals surface area contributed by atoms with Crippen molar-refractivity contribution in [3.63, 3.8) is 0 Å². The van der Waals surface area contributed by atoms with Crippen LogP contribution in [0, 0.1) is 5.92 Å². The summed E-state index contributed by atoms with van der Waals surface area (Å²) < 4.78 is 15.3. The Labute approximate surface area is 103 Å². The number of allylic oxidation sites excluding steroid dienone is 1. The largest absolute Gasteiger partial charge is 0.508 e. The molecule has 0 radical (unpaired) electrons. The van der Waals surface area contributed by atoms with Gasteiger partial charge in [0.15, 0.2) is 0 Å². The van der Waals surface area contributed by atoms with Crippen LogP contribution in [-0.4, -0.2) is 32.1 Å². The third-order valence-corrected chi connectivity index (χ3v) is 3.74. The summed E-state index contributed by atoms with van der Waals surface area (Å²) in [4.78, 5) is 11.2. The number of ether oxygens (including phenoxy) is 3. The van der Waals surface area contributed by atoms with Gasteiger partial charge in [-0.3, -0.25) is 0 Å². The Balaban J connectivity index is 2.76. The van der Waals surface area contributed by atoms with Gasteiger partial charge in [-0.2, -0.15) is 0 Å². The van der Waals surface area contributed by atoms with E-state index in [2.05, 4.69) is 11.3 Å². The lowest BCUT2D eigenvalue weighted by Crippen LogP contribution is -2.48. The van der Waals surface area contributed by atoms with Crippen molar-refractivity contribution in [2.45, 2.75) is 44.8 Å². The molecule has 0 saturated heterocycles. The van der Waals surface area contributed by atoms with Crippen molar-refractivity contribution in [3.8, 4) is 0 Å². The molecule has 17 heavy (non-hydrogen) atoms. The lowest BCUT2D eigenvalue weighted by molar-refractivity contribution is -0.131. The minimum atomic E-state index is -0.652. The molecule has 0 aliphatic heterocycles. The first-order valence-electron chi connectivity index (χ1n) is 5.88. The molecule has 0 N–H and O–H groups in total. The molecule has 0 spiro atoms. The number of rotatable bonds is 3. The van der Waals surface area contributed by atoms with Crippen LogP contribution in [0.1, 0.15) is 33.1 Å². The van der Waals surface area contributed by atoms with Crippen molar-refractivity contribution in [1.82, 2.24) is 0 Å². The fraction of sp³-hybridized carbons (Fsp3) is 0.769. The van der Waals surface area contributed by atoms with Crippen LogP contribution in [0.4, 0.5) is 4.79 Å². The first-order chi connectivity index (χ1) is 7.92. The first-order valence-corrected chi connectivity index (χ1v) is 5.88. The van der Waals surface area contributed by atoms with Crippen LogP contribution >= 0.6 is 0 Å². The predicted octanol–water partition coefficient (Wildman–Crippen LogP) is 2.92. The molecule has 0 amide bonds. The van der Waals surface area contributed by atoms with Gasteiger partial charge in [0.1, 0.15) is 11.7 Å². The molecule has 3 atom stereocenters. The van der Waals surface area contributed by atoms with Crippen LogP contribution in [0.2, 0.25) is 0 Å². The van der Waals surface area contributed by atoms with Gasteiger partial charge in [-0.1, -0.05) is 12.2 Å². The molecule has 1 saturated carbocycles. The zero-order valence-corrected chi connectivity index (χ0v) is 11.1. The summed E-state index contributed by atoms with van der Waals surface area (Å²) in [5.41, 5.74) is 0.696. The number of hydrogen-bond donors (Lipinski definition) is 0. The fourth-order valence-electron chi connectivity index (χ4n) is 2.27. The molecular weight excluding hydrogens is 220 g/mol. The zero-order chi connectivity index (χ0) is 13.1. The summed E-state index contributed by atoms with van der Waals surface area (Å²) in [6, 6.07) is 0. The summed E-state index contributed by atoms with van der Waals surface area (Å²) in [6.07, 6.45) is 1.68. The van der Waals surface area contributed by atoms with E-state index in [-0.39, 0.29) is 6.10 Å². The van der Waals surface area contributed by atoms with Gasteiger partial charge in [-0.05, 0) is 39.0 Å². The van der Waals surface area contributed by atoms with Gasteiger partial charge < -0.3 is 14.2 Å². The Hall–Kier alpha value is -1.03. The predicted molar refractivity (Wildman–Crippen MR) is 64.8 cm³/mol. The molecule has 0 aromatic rings. The van der Waals surface area contributed by atoms with Gasteiger partial charge in [0, 0.05) is 7.11 Å². The number of hydrogen-bond acceptors (Lipinski definition) is 4. The Morgan fingerprint density at radius 2 is 2.06 bits per heavy atom. The summed E-state index contributed by atoms with van der Waals surface area (Å²) in [6.45, 7) is 7.95. The van der Waals surface area contributed by atoms with Crippen molar-refractivity contribution in [1.29, 1.82) is 0 Å². The van der Waals surface area contributed by atoms with E-state index in [9.17, 15) is 4.79 Å². The maximum absolute atomic E-state index is 11.2. The molecule has 0 bridgehead atoms. The second-order valence-electron chi connectivity index (χ2n) is 4.90. The average molecular weight is 242 g/mol. The van der Waals surface area contributed by atoms with Crippen LogP contribution in [-0.2, 0) is 14.2 Å². The SMILES string of the molecule is C=C(C)C1CCC(C)(OC)C(OC(=O)OC)C1. The van der Waals surface area contributed by atoms with Crippen LogP contribution < -0.4 is 0 Å². The molecule has 4 heteroatoms. The lowest BCUT2D eigenvalue weighted by Gasteiger charge is -2.42. The smallest absolute Gasteiger partial charge is 0.438 e. The second-order valence-corrected chi connectivity index (χ2v) is 4.90. The van der Waals surface area contributed by atoms with Crippen molar-refractivity contribution in [2.24, 2.45) is 5.92 Å². The number of methoxy groups -OCH3 is 2. The monoisotopic (exact) mass is 242 g/mol. The van der Waals surface area contributed by atoms with Gasteiger partial charge in [0.25, 0.3) is 0 Å². The van der Waals surface area contributed by atoms with Crippen LogP contribution in [0.5, 0.6) is 0 Å². The minimum absolute atomic E-state index is 0.282. The summed E-state index contributed by atoms with van der Waals surface area (Å²) in [7, 11) is 2.96. The van der Waals surface area contributed by atoms with Crippen molar-refractivity contribution in [3.05, 3.63) is 12.2 Å². The molecule has 1 rings (SSSR count). The van der Waals surface area contributed by atoms with Crippen LogP contribution in [0.25, 0.3) is 0 Å². The number of carbonyl (C=O) groups is 1. The molecule has 4 nitrogen and oxygen atoms in total. The van der Waals surface area contributed by atoms with Crippen LogP contribution in [0.15, 0.2) is 12.2 Å². The molecule has 98 valence electrons. The van der Waals surface area contributed by atoms with Crippen molar-refractivity contribution >= 4 is 6.16 Å². The summed E-state index contributed by atoms with van der Waals surface area (Å²) in [5.74, 6) is 0.382. The summed E-state index contributed by atoms with van der Waals surface area (Å²) in [5, 5.41) is 0. The third-order valence-electron chi connectivity index (χ3n) is 3.74. The molecule has 0 aromatic carbocycles. The van der Waals surface area contributed by atoms with E-state index in [1.54, 1.807) is 7.11 Å². The highest BCUT2D eigenvalue weighted by Gasteiger charge is 2.43. The number of carbonyl (C=O) groups excluding carboxylic acids is 1. The fourth-order valence-corrected chi connectivity index (χ4v) is 2.27. The van der Waals surface area contributed by atoms with E-state index < -0.39 is 11.8 Å². The van der Waals surface area contributed by atoms with E-state index in [4.69, 9.17) is 9.47 Å². The standard InChI is InChI=1S/C13H22O4/c1-9(2)10-6-7-13(3,16-5)11(8-10)17-12(14)15-4/h10-11H,1,6-8H2,2-5H3. The maximum atomic E-state index is 11.2. The van der Waals surface area contributed by atoms with E-state index in [1.807, 2.05) is 13.8 Å².